The Morgan fingerprint density at radius 2 is 2.29 bits per heavy atom. The van der Waals surface area contributed by atoms with E-state index < -0.39 is 18.2 Å². The first-order valence-corrected chi connectivity index (χ1v) is 3.88. The second-order valence-electron chi connectivity index (χ2n) is 2.58. The SMILES string of the molecule is COc1cc(C(=O)CC(=O)O)ccn1. The van der Waals surface area contributed by atoms with Crippen molar-refractivity contribution in [1.29, 1.82) is 0 Å². The number of methoxy groups -OCH3 is 1. The van der Waals surface area contributed by atoms with Crippen LogP contribution in [0.2, 0.25) is 0 Å². The minimum absolute atomic E-state index is 0.291. The Balaban J connectivity index is 2.84. The molecule has 0 amide bonds. The summed E-state index contributed by atoms with van der Waals surface area (Å²) in [4.78, 5) is 25.3. The molecule has 14 heavy (non-hydrogen) atoms. The summed E-state index contributed by atoms with van der Waals surface area (Å²) in [5, 5.41) is 8.40. The van der Waals surface area contributed by atoms with Gasteiger partial charge in [0.2, 0.25) is 5.88 Å². The second kappa shape index (κ2) is 4.36. The third-order valence-corrected chi connectivity index (χ3v) is 1.58. The van der Waals surface area contributed by atoms with E-state index in [0.29, 0.717) is 11.4 Å². The van der Waals surface area contributed by atoms with Crippen molar-refractivity contribution in [2.45, 2.75) is 6.42 Å². The van der Waals surface area contributed by atoms with Gasteiger partial charge in [0.15, 0.2) is 5.78 Å². The molecule has 1 rings (SSSR count). The fourth-order valence-corrected chi connectivity index (χ4v) is 0.934. The molecule has 0 radical (unpaired) electrons. The first kappa shape index (κ1) is 10.2. The molecule has 1 aromatic heterocycles. The molecule has 0 aliphatic rings. The molecule has 0 aromatic carbocycles. The highest BCUT2D eigenvalue weighted by atomic mass is 16.5. The van der Waals surface area contributed by atoms with Gasteiger partial charge in [0.1, 0.15) is 6.42 Å². The monoisotopic (exact) mass is 195 g/mol. The van der Waals surface area contributed by atoms with Gasteiger partial charge in [-0.25, -0.2) is 4.98 Å². The smallest absolute Gasteiger partial charge is 0.311 e. The van der Waals surface area contributed by atoms with Crippen molar-refractivity contribution in [3.8, 4) is 5.88 Å². The van der Waals surface area contributed by atoms with Gasteiger partial charge in [-0.1, -0.05) is 0 Å². The van der Waals surface area contributed by atoms with Crippen molar-refractivity contribution in [2.75, 3.05) is 7.11 Å². The molecular formula is C9H9NO4. The number of aliphatic carboxylic acids is 1. The highest BCUT2D eigenvalue weighted by molar-refractivity contribution is 6.05. The molecule has 0 saturated carbocycles. The molecule has 0 saturated heterocycles. The Hall–Kier alpha value is -1.91. The van der Waals surface area contributed by atoms with Crippen molar-refractivity contribution >= 4 is 11.8 Å². The Morgan fingerprint density at radius 1 is 1.57 bits per heavy atom. The summed E-state index contributed by atoms with van der Waals surface area (Å²) in [6, 6.07) is 2.86. The molecule has 0 fully saturated rings. The maximum absolute atomic E-state index is 11.3. The average Bonchev–Trinajstić information content (AvgIpc) is 2.17. The molecule has 0 bridgehead atoms. The molecular weight excluding hydrogens is 186 g/mol. The van der Waals surface area contributed by atoms with Gasteiger partial charge in [0, 0.05) is 17.8 Å². The van der Waals surface area contributed by atoms with Crippen LogP contribution in [-0.4, -0.2) is 29.0 Å². The van der Waals surface area contributed by atoms with Crippen LogP contribution >= 0.6 is 0 Å². The van der Waals surface area contributed by atoms with Crippen LogP contribution in [0.4, 0.5) is 0 Å². The normalized spacial score (nSPS) is 9.50. The lowest BCUT2D eigenvalue weighted by atomic mass is 10.1. The van der Waals surface area contributed by atoms with Gasteiger partial charge in [-0.15, -0.1) is 0 Å². The average molecular weight is 195 g/mol. The predicted octanol–water partition coefficient (Wildman–Crippen LogP) is 0.748. The van der Waals surface area contributed by atoms with Gasteiger partial charge in [-0.3, -0.25) is 9.59 Å². The number of nitrogens with zero attached hydrogens (tertiary/aromatic N) is 1. The number of carbonyl (C=O) groups excluding carboxylic acids is 1. The molecule has 1 N–H and O–H groups in total. The summed E-state index contributed by atoms with van der Waals surface area (Å²) in [5.74, 6) is -1.31. The quantitative estimate of drug-likeness (QED) is 0.566. The van der Waals surface area contributed by atoms with Gasteiger partial charge in [-0.2, -0.15) is 0 Å². The van der Waals surface area contributed by atoms with Crippen LogP contribution < -0.4 is 4.74 Å². The Kier molecular flexibility index (Phi) is 3.17. The molecule has 0 spiro atoms. The zero-order valence-corrected chi connectivity index (χ0v) is 7.56. The highest BCUT2D eigenvalue weighted by Crippen LogP contribution is 2.10. The summed E-state index contributed by atoms with van der Waals surface area (Å²) in [5.41, 5.74) is 0.291. The molecule has 0 aliphatic carbocycles. The van der Waals surface area contributed by atoms with Crippen LogP contribution in [0.25, 0.3) is 0 Å². The number of carbonyl (C=O) groups is 2. The number of hydrogen-bond donors (Lipinski definition) is 1. The van der Waals surface area contributed by atoms with Crippen LogP contribution in [0.1, 0.15) is 16.8 Å². The fraction of sp³-hybridized carbons (Fsp3) is 0.222. The van der Waals surface area contributed by atoms with Crippen LogP contribution in [0.15, 0.2) is 18.3 Å². The molecule has 5 heteroatoms. The lowest BCUT2D eigenvalue weighted by Gasteiger charge is -2.00. The van der Waals surface area contributed by atoms with Gasteiger partial charge in [0.25, 0.3) is 0 Å². The maximum atomic E-state index is 11.3. The van der Waals surface area contributed by atoms with Crippen molar-refractivity contribution in [1.82, 2.24) is 4.98 Å². The van der Waals surface area contributed by atoms with Crippen molar-refractivity contribution < 1.29 is 19.4 Å². The van der Waals surface area contributed by atoms with Crippen molar-refractivity contribution in [3.05, 3.63) is 23.9 Å². The van der Waals surface area contributed by atoms with E-state index >= 15 is 0 Å². The zero-order valence-electron chi connectivity index (χ0n) is 7.56. The van der Waals surface area contributed by atoms with E-state index in [-0.39, 0.29) is 0 Å². The largest absolute Gasteiger partial charge is 0.481 e. The van der Waals surface area contributed by atoms with Crippen LogP contribution in [0, 0.1) is 0 Å². The molecule has 74 valence electrons. The molecule has 5 nitrogen and oxygen atoms in total. The van der Waals surface area contributed by atoms with Gasteiger partial charge >= 0.3 is 5.97 Å². The second-order valence-corrected chi connectivity index (χ2v) is 2.58. The molecule has 0 unspecified atom stereocenters. The lowest BCUT2D eigenvalue weighted by Crippen LogP contribution is -2.07. The summed E-state index contributed by atoms with van der Waals surface area (Å²) in [6.45, 7) is 0. The Bertz CT molecular complexity index is 362. The number of aromatic nitrogens is 1. The predicted molar refractivity (Wildman–Crippen MR) is 47.4 cm³/mol. The van der Waals surface area contributed by atoms with E-state index in [1.165, 1.54) is 25.4 Å². The molecule has 1 heterocycles. The minimum atomic E-state index is -1.15. The third kappa shape index (κ3) is 2.55. The molecule has 0 atom stereocenters. The summed E-state index contributed by atoms with van der Waals surface area (Å²) < 4.78 is 4.80. The van der Waals surface area contributed by atoms with Crippen molar-refractivity contribution in [2.24, 2.45) is 0 Å². The number of hydrogen-bond acceptors (Lipinski definition) is 4. The van der Waals surface area contributed by atoms with Crippen LogP contribution in [-0.2, 0) is 4.79 Å². The van der Waals surface area contributed by atoms with E-state index in [0.717, 1.165) is 0 Å². The van der Waals surface area contributed by atoms with Crippen LogP contribution in [0.5, 0.6) is 5.88 Å². The standard InChI is InChI=1S/C9H9NO4/c1-14-8-4-6(2-3-10-8)7(11)5-9(12)13/h2-4H,5H2,1H3,(H,12,13). The summed E-state index contributed by atoms with van der Waals surface area (Å²) in [6.07, 6.45) is 0.876. The Morgan fingerprint density at radius 3 is 2.86 bits per heavy atom. The van der Waals surface area contributed by atoms with E-state index in [4.69, 9.17) is 9.84 Å². The van der Waals surface area contributed by atoms with Crippen LogP contribution in [0.3, 0.4) is 0 Å². The third-order valence-electron chi connectivity index (χ3n) is 1.58. The minimum Gasteiger partial charge on any atom is -0.481 e. The van der Waals surface area contributed by atoms with E-state index in [1.807, 2.05) is 0 Å². The van der Waals surface area contributed by atoms with E-state index in [2.05, 4.69) is 4.98 Å². The van der Waals surface area contributed by atoms with E-state index in [9.17, 15) is 9.59 Å². The first-order chi connectivity index (χ1) is 6.63. The Labute approximate surface area is 80.3 Å². The first-order valence-electron chi connectivity index (χ1n) is 3.88. The fourth-order valence-electron chi connectivity index (χ4n) is 0.934. The maximum Gasteiger partial charge on any atom is 0.311 e. The van der Waals surface area contributed by atoms with Crippen molar-refractivity contribution in [3.63, 3.8) is 0 Å². The van der Waals surface area contributed by atoms with E-state index in [1.54, 1.807) is 0 Å². The van der Waals surface area contributed by atoms with Gasteiger partial charge < -0.3 is 9.84 Å². The lowest BCUT2D eigenvalue weighted by molar-refractivity contribution is -0.135. The van der Waals surface area contributed by atoms with Gasteiger partial charge in [0.05, 0.1) is 7.11 Å². The summed E-state index contributed by atoms with van der Waals surface area (Å²) >= 11 is 0. The number of rotatable bonds is 4. The summed E-state index contributed by atoms with van der Waals surface area (Å²) in [7, 11) is 1.42. The van der Waals surface area contributed by atoms with Gasteiger partial charge in [-0.05, 0) is 6.07 Å². The topological polar surface area (TPSA) is 76.5 Å². The highest BCUT2D eigenvalue weighted by Gasteiger charge is 2.11. The number of carboxylic acid groups (broad SMARTS) is 1. The number of Topliss-reactive ketones (excluding diaryl/α,β-unsaturated/α-hetero) is 1. The zero-order chi connectivity index (χ0) is 10.6. The number of pyridine rings is 1. The molecule has 0 aliphatic heterocycles. The molecule has 1 aromatic rings. The number of ketones is 1. The number of ether oxygens (including phenoxy) is 1. The number of carboxylic acids is 1.